The van der Waals surface area contributed by atoms with Gasteiger partial charge in [-0.25, -0.2) is 0 Å². The van der Waals surface area contributed by atoms with E-state index < -0.39 is 4.92 Å². The second-order valence-electron chi connectivity index (χ2n) is 5.83. The van der Waals surface area contributed by atoms with E-state index in [1.807, 2.05) is 0 Å². The van der Waals surface area contributed by atoms with Crippen LogP contribution in [0.15, 0.2) is 18.2 Å². The first-order chi connectivity index (χ1) is 9.54. The van der Waals surface area contributed by atoms with E-state index >= 15 is 0 Å². The molecule has 2 aliphatic rings. The maximum atomic E-state index is 10.8. The molecular formula is C14H19N3O3. The van der Waals surface area contributed by atoms with Crippen LogP contribution in [-0.4, -0.2) is 33.1 Å². The number of anilines is 1. The molecule has 2 heterocycles. The predicted octanol–water partition coefficient (Wildman–Crippen LogP) is 1.66. The summed E-state index contributed by atoms with van der Waals surface area (Å²) >= 11 is 0. The molecule has 3 N–H and O–H groups in total. The van der Waals surface area contributed by atoms with Gasteiger partial charge in [0.1, 0.15) is 5.69 Å². The van der Waals surface area contributed by atoms with Gasteiger partial charge in [0.15, 0.2) is 0 Å². The molecule has 0 radical (unpaired) electrons. The Kier molecular flexibility index (Phi) is 3.35. The summed E-state index contributed by atoms with van der Waals surface area (Å²) in [6.45, 7) is 0.754. The largest absolute Gasteiger partial charge is 0.393 e. The maximum Gasteiger partial charge on any atom is 0.292 e. The topological polar surface area (TPSA) is 92.6 Å². The van der Waals surface area contributed by atoms with Gasteiger partial charge in [0.2, 0.25) is 0 Å². The van der Waals surface area contributed by atoms with Gasteiger partial charge in [-0.15, -0.1) is 0 Å². The Hall–Kier alpha value is -1.66. The van der Waals surface area contributed by atoms with Crippen LogP contribution in [0.5, 0.6) is 0 Å². The van der Waals surface area contributed by atoms with Crippen LogP contribution in [0.4, 0.5) is 11.4 Å². The number of fused-ring (bicyclic) bond motifs is 2. The van der Waals surface area contributed by atoms with Crippen LogP contribution in [0.3, 0.4) is 0 Å². The highest BCUT2D eigenvalue weighted by Gasteiger charge is 2.39. The molecule has 0 saturated carbocycles. The number of nitro groups is 1. The van der Waals surface area contributed by atoms with Crippen LogP contribution in [0.25, 0.3) is 0 Å². The fourth-order valence-electron chi connectivity index (χ4n) is 3.58. The lowest BCUT2D eigenvalue weighted by Gasteiger charge is -2.37. The van der Waals surface area contributed by atoms with E-state index in [0.717, 1.165) is 37.8 Å². The van der Waals surface area contributed by atoms with Gasteiger partial charge in [-0.3, -0.25) is 15.0 Å². The van der Waals surface area contributed by atoms with Gasteiger partial charge >= 0.3 is 0 Å². The van der Waals surface area contributed by atoms with E-state index in [4.69, 9.17) is 5.73 Å². The molecule has 2 unspecified atom stereocenters. The van der Waals surface area contributed by atoms with Crippen molar-refractivity contribution in [1.29, 1.82) is 0 Å². The van der Waals surface area contributed by atoms with Crippen molar-refractivity contribution < 1.29 is 10.0 Å². The van der Waals surface area contributed by atoms with Crippen LogP contribution in [0.2, 0.25) is 0 Å². The summed E-state index contributed by atoms with van der Waals surface area (Å²) in [5.74, 6) is 0. The smallest absolute Gasteiger partial charge is 0.292 e. The molecule has 6 nitrogen and oxygen atoms in total. The SMILES string of the molecule is Nc1cc(CN2C3CCC2CC(O)C3)ccc1[N+](=O)[O-]. The fourth-order valence-corrected chi connectivity index (χ4v) is 3.58. The van der Waals surface area contributed by atoms with Gasteiger partial charge in [0, 0.05) is 24.7 Å². The van der Waals surface area contributed by atoms with Crippen molar-refractivity contribution in [3.05, 3.63) is 33.9 Å². The van der Waals surface area contributed by atoms with Crippen molar-refractivity contribution in [3.8, 4) is 0 Å². The number of nitrogens with two attached hydrogens (primary N) is 1. The number of nitrogens with zero attached hydrogens (tertiary/aromatic N) is 2. The number of nitrogen functional groups attached to an aromatic ring is 1. The third-order valence-electron chi connectivity index (χ3n) is 4.51. The van der Waals surface area contributed by atoms with Gasteiger partial charge < -0.3 is 10.8 Å². The number of nitro benzene ring substituents is 1. The van der Waals surface area contributed by atoms with Crippen molar-refractivity contribution in [2.45, 2.75) is 50.4 Å². The monoisotopic (exact) mass is 277 g/mol. The van der Waals surface area contributed by atoms with Gasteiger partial charge in [-0.2, -0.15) is 0 Å². The molecule has 2 aliphatic heterocycles. The quantitative estimate of drug-likeness (QED) is 0.498. The zero-order valence-electron chi connectivity index (χ0n) is 11.2. The lowest BCUT2D eigenvalue weighted by atomic mass is 9.99. The highest BCUT2D eigenvalue weighted by Crippen LogP contribution is 2.37. The third kappa shape index (κ3) is 2.36. The first kappa shape index (κ1) is 13.3. The molecule has 20 heavy (non-hydrogen) atoms. The molecule has 2 saturated heterocycles. The summed E-state index contributed by atoms with van der Waals surface area (Å²) in [5.41, 5.74) is 6.92. The predicted molar refractivity (Wildman–Crippen MR) is 75.1 cm³/mol. The molecule has 6 heteroatoms. The van der Waals surface area contributed by atoms with Crippen molar-refractivity contribution in [2.75, 3.05) is 5.73 Å². The number of aliphatic hydroxyl groups is 1. The number of benzene rings is 1. The highest BCUT2D eigenvalue weighted by molar-refractivity contribution is 5.59. The zero-order valence-corrected chi connectivity index (χ0v) is 11.2. The van der Waals surface area contributed by atoms with Crippen molar-refractivity contribution >= 4 is 11.4 Å². The minimum Gasteiger partial charge on any atom is -0.393 e. The van der Waals surface area contributed by atoms with Gasteiger partial charge in [0.05, 0.1) is 11.0 Å². The van der Waals surface area contributed by atoms with E-state index in [0.29, 0.717) is 12.1 Å². The minimum absolute atomic E-state index is 0.0363. The highest BCUT2D eigenvalue weighted by atomic mass is 16.6. The van der Waals surface area contributed by atoms with E-state index in [-0.39, 0.29) is 17.5 Å². The molecule has 2 bridgehead atoms. The summed E-state index contributed by atoms with van der Waals surface area (Å²) in [6, 6.07) is 5.81. The summed E-state index contributed by atoms with van der Waals surface area (Å²) < 4.78 is 0. The standard InChI is InChI=1S/C14H19N3O3/c15-13-5-9(1-4-14(13)17(19)20)8-16-10-2-3-11(16)7-12(18)6-10/h1,4-5,10-12,18H,2-3,6-8,15H2. The summed E-state index contributed by atoms with van der Waals surface area (Å²) in [4.78, 5) is 12.7. The number of hydrogen-bond acceptors (Lipinski definition) is 5. The first-order valence-electron chi connectivity index (χ1n) is 7.01. The van der Waals surface area contributed by atoms with Gasteiger partial charge in [0.25, 0.3) is 5.69 Å². The van der Waals surface area contributed by atoms with Crippen LogP contribution >= 0.6 is 0 Å². The molecule has 0 aliphatic carbocycles. The molecule has 2 atom stereocenters. The number of aliphatic hydroxyl groups excluding tert-OH is 1. The summed E-state index contributed by atoms with van der Waals surface area (Å²) in [6.07, 6.45) is 3.75. The molecule has 1 aromatic carbocycles. The summed E-state index contributed by atoms with van der Waals surface area (Å²) in [7, 11) is 0. The lowest BCUT2D eigenvalue weighted by Crippen LogP contribution is -2.44. The van der Waals surface area contributed by atoms with E-state index in [1.54, 1.807) is 12.1 Å². The van der Waals surface area contributed by atoms with Crippen molar-refractivity contribution in [1.82, 2.24) is 4.90 Å². The molecule has 108 valence electrons. The fraction of sp³-hybridized carbons (Fsp3) is 0.571. The Morgan fingerprint density at radius 3 is 2.55 bits per heavy atom. The Balaban J connectivity index is 1.76. The van der Waals surface area contributed by atoms with Crippen LogP contribution in [0.1, 0.15) is 31.2 Å². The molecule has 0 amide bonds. The van der Waals surface area contributed by atoms with Gasteiger partial charge in [-0.05, 0) is 37.3 Å². The van der Waals surface area contributed by atoms with Gasteiger partial charge in [-0.1, -0.05) is 6.07 Å². The minimum atomic E-state index is -0.458. The molecule has 0 aromatic heterocycles. The van der Waals surface area contributed by atoms with Crippen LogP contribution in [-0.2, 0) is 6.54 Å². The lowest BCUT2D eigenvalue weighted by molar-refractivity contribution is -0.383. The molecular weight excluding hydrogens is 258 g/mol. The average molecular weight is 277 g/mol. The Morgan fingerprint density at radius 1 is 1.35 bits per heavy atom. The van der Waals surface area contributed by atoms with Crippen molar-refractivity contribution in [2.24, 2.45) is 0 Å². The van der Waals surface area contributed by atoms with Crippen LogP contribution < -0.4 is 5.73 Å². The normalized spacial score (nSPS) is 29.6. The van der Waals surface area contributed by atoms with E-state index in [1.165, 1.54) is 6.07 Å². The number of piperidine rings is 1. The molecule has 0 spiro atoms. The molecule has 1 aromatic rings. The van der Waals surface area contributed by atoms with E-state index in [2.05, 4.69) is 4.90 Å². The Labute approximate surface area is 117 Å². The second kappa shape index (κ2) is 5.03. The molecule has 3 rings (SSSR count). The number of rotatable bonds is 3. The second-order valence-corrected chi connectivity index (χ2v) is 5.83. The zero-order chi connectivity index (χ0) is 14.3. The van der Waals surface area contributed by atoms with E-state index in [9.17, 15) is 15.2 Å². The Bertz CT molecular complexity index is 520. The maximum absolute atomic E-state index is 10.8. The van der Waals surface area contributed by atoms with Crippen LogP contribution in [0, 0.1) is 10.1 Å². The Morgan fingerprint density at radius 2 is 2.00 bits per heavy atom. The molecule has 2 fully saturated rings. The number of hydrogen-bond donors (Lipinski definition) is 2. The van der Waals surface area contributed by atoms with Crippen molar-refractivity contribution in [3.63, 3.8) is 0 Å². The average Bonchev–Trinajstić information content (AvgIpc) is 2.62. The first-order valence-corrected chi connectivity index (χ1v) is 7.01. The third-order valence-corrected chi connectivity index (χ3v) is 4.51. The summed E-state index contributed by atoms with van der Waals surface area (Å²) in [5, 5.41) is 20.6.